The maximum atomic E-state index is 12.1. The van der Waals surface area contributed by atoms with Crippen molar-refractivity contribution in [3.8, 4) is 5.75 Å². The maximum Gasteiger partial charge on any atom is 0.260 e. The lowest BCUT2D eigenvalue weighted by Gasteiger charge is -2.34. The predicted octanol–water partition coefficient (Wildman–Crippen LogP) is -0.323. The van der Waals surface area contributed by atoms with Crippen LogP contribution in [-0.4, -0.2) is 60.9 Å². The number of hydrogen-bond acceptors (Lipinski definition) is 3. The summed E-state index contributed by atoms with van der Waals surface area (Å²) in [4.78, 5) is 27.5. The Kier molecular flexibility index (Phi) is 5.77. The molecule has 1 fully saturated rings. The van der Waals surface area contributed by atoms with E-state index in [4.69, 9.17) is 4.74 Å². The second-order valence-electron chi connectivity index (χ2n) is 5.47. The highest BCUT2D eigenvalue weighted by atomic mass is 16.5. The number of nitrogens with zero attached hydrogens (tertiary/aromatic N) is 2. The Morgan fingerprint density at radius 1 is 1.05 bits per heavy atom. The summed E-state index contributed by atoms with van der Waals surface area (Å²) in [6.45, 7) is 4.98. The van der Waals surface area contributed by atoms with Gasteiger partial charge in [-0.15, -0.1) is 0 Å². The van der Waals surface area contributed by atoms with E-state index >= 15 is 0 Å². The van der Waals surface area contributed by atoms with Gasteiger partial charge in [0.25, 0.3) is 5.91 Å². The van der Waals surface area contributed by atoms with Gasteiger partial charge in [-0.25, -0.2) is 0 Å². The van der Waals surface area contributed by atoms with Crippen LogP contribution in [0.25, 0.3) is 0 Å². The van der Waals surface area contributed by atoms with Gasteiger partial charge in [-0.2, -0.15) is 0 Å². The van der Waals surface area contributed by atoms with E-state index in [0.717, 1.165) is 5.56 Å². The van der Waals surface area contributed by atoms with Gasteiger partial charge in [0.05, 0.1) is 13.0 Å². The van der Waals surface area contributed by atoms with Crippen molar-refractivity contribution in [3.63, 3.8) is 0 Å². The minimum absolute atomic E-state index is 0.0372. The molecule has 1 heterocycles. The van der Waals surface area contributed by atoms with Crippen molar-refractivity contribution < 1.29 is 20.1 Å². The number of piperazine rings is 1. The summed E-state index contributed by atoms with van der Waals surface area (Å²) >= 11 is 0. The van der Waals surface area contributed by atoms with Gasteiger partial charge < -0.3 is 20.3 Å². The van der Waals surface area contributed by atoms with E-state index in [1.165, 1.54) is 0 Å². The first kappa shape index (κ1) is 16.3. The molecular formula is C16H24N3O3+. The molecule has 0 bridgehead atoms. The van der Waals surface area contributed by atoms with E-state index in [-0.39, 0.29) is 18.4 Å². The highest BCUT2D eigenvalue weighted by Crippen LogP contribution is 2.12. The molecule has 0 atom stereocenters. The molecule has 2 rings (SSSR count). The van der Waals surface area contributed by atoms with Gasteiger partial charge in [0.15, 0.2) is 6.61 Å². The largest absolute Gasteiger partial charge is 0.484 e. The summed E-state index contributed by atoms with van der Waals surface area (Å²) in [7, 11) is 0. The van der Waals surface area contributed by atoms with E-state index < -0.39 is 0 Å². The second-order valence-corrected chi connectivity index (χ2v) is 5.47. The van der Waals surface area contributed by atoms with Gasteiger partial charge in [0.2, 0.25) is 5.91 Å². The SMILES string of the molecule is Cc1ccc(OCC(=O)N2CCN(C(=O)CC[NH3+])CC2)cc1. The average molecular weight is 306 g/mol. The van der Waals surface area contributed by atoms with Crippen LogP contribution in [0.4, 0.5) is 0 Å². The molecule has 0 aromatic heterocycles. The zero-order valence-electron chi connectivity index (χ0n) is 13.1. The van der Waals surface area contributed by atoms with Crippen LogP contribution >= 0.6 is 0 Å². The van der Waals surface area contributed by atoms with Crippen LogP contribution in [-0.2, 0) is 9.59 Å². The number of carbonyl (C=O) groups is 2. The Balaban J connectivity index is 1.75. The number of carbonyl (C=O) groups excluding carboxylic acids is 2. The number of ether oxygens (including phenoxy) is 1. The lowest BCUT2D eigenvalue weighted by Crippen LogP contribution is -2.55. The minimum atomic E-state index is -0.0372. The summed E-state index contributed by atoms with van der Waals surface area (Å²) in [6, 6.07) is 7.62. The van der Waals surface area contributed by atoms with Crippen molar-refractivity contribution in [3.05, 3.63) is 29.8 Å². The van der Waals surface area contributed by atoms with Crippen LogP contribution in [0.1, 0.15) is 12.0 Å². The number of rotatable bonds is 5. The Hall–Kier alpha value is -2.08. The highest BCUT2D eigenvalue weighted by molar-refractivity contribution is 5.79. The van der Waals surface area contributed by atoms with E-state index in [2.05, 4.69) is 5.73 Å². The zero-order chi connectivity index (χ0) is 15.9. The summed E-state index contributed by atoms with van der Waals surface area (Å²) in [5.41, 5.74) is 4.85. The van der Waals surface area contributed by atoms with Gasteiger partial charge in [0.1, 0.15) is 5.75 Å². The first-order chi connectivity index (χ1) is 10.6. The number of quaternary nitrogens is 1. The molecule has 6 nitrogen and oxygen atoms in total. The summed E-state index contributed by atoms with van der Waals surface area (Å²) < 4.78 is 5.51. The molecule has 120 valence electrons. The molecule has 0 radical (unpaired) electrons. The van der Waals surface area contributed by atoms with Crippen molar-refractivity contribution >= 4 is 11.8 Å². The smallest absolute Gasteiger partial charge is 0.260 e. The predicted molar refractivity (Wildman–Crippen MR) is 82.2 cm³/mol. The first-order valence-corrected chi connectivity index (χ1v) is 7.64. The number of aryl methyl sites for hydroxylation is 1. The monoisotopic (exact) mass is 306 g/mol. The van der Waals surface area contributed by atoms with Crippen molar-refractivity contribution in [1.82, 2.24) is 9.80 Å². The van der Waals surface area contributed by atoms with Crippen molar-refractivity contribution in [2.45, 2.75) is 13.3 Å². The fourth-order valence-electron chi connectivity index (χ4n) is 2.39. The molecule has 22 heavy (non-hydrogen) atoms. The minimum Gasteiger partial charge on any atom is -0.484 e. The fourth-order valence-corrected chi connectivity index (χ4v) is 2.39. The van der Waals surface area contributed by atoms with Gasteiger partial charge in [0, 0.05) is 26.2 Å². The lowest BCUT2D eigenvalue weighted by atomic mass is 10.2. The molecule has 6 heteroatoms. The number of benzene rings is 1. The molecule has 1 aromatic rings. The molecule has 0 unspecified atom stereocenters. The number of hydrogen-bond donors (Lipinski definition) is 1. The third kappa shape index (κ3) is 4.46. The van der Waals surface area contributed by atoms with Crippen LogP contribution in [0.2, 0.25) is 0 Å². The third-order valence-electron chi connectivity index (χ3n) is 3.76. The quantitative estimate of drug-likeness (QED) is 0.809. The van der Waals surface area contributed by atoms with Crippen LogP contribution in [0.3, 0.4) is 0 Å². The van der Waals surface area contributed by atoms with E-state index in [9.17, 15) is 9.59 Å². The molecular weight excluding hydrogens is 282 g/mol. The third-order valence-corrected chi connectivity index (χ3v) is 3.76. The lowest BCUT2D eigenvalue weighted by molar-refractivity contribution is -0.366. The van der Waals surface area contributed by atoms with Crippen molar-refractivity contribution in [2.75, 3.05) is 39.3 Å². The van der Waals surface area contributed by atoms with Crippen LogP contribution in [0.5, 0.6) is 5.75 Å². The highest BCUT2D eigenvalue weighted by Gasteiger charge is 2.24. The van der Waals surface area contributed by atoms with Crippen LogP contribution in [0, 0.1) is 6.92 Å². The summed E-state index contributed by atoms with van der Waals surface area (Å²) in [5.74, 6) is 0.783. The number of amides is 2. The van der Waals surface area contributed by atoms with Crippen LogP contribution in [0.15, 0.2) is 24.3 Å². The van der Waals surface area contributed by atoms with Gasteiger partial charge >= 0.3 is 0 Å². The van der Waals surface area contributed by atoms with Gasteiger partial charge in [-0.1, -0.05) is 17.7 Å². The maximum absolute atomic E-state index is 12.1. The van der Waals surface area contributed by atoms with E-state index in [1.54, 1.807) is 9.80 Å². The summed E-state index contributed by atoms with van der Waals surface area (Å²) in [6.07, 6.45) is 0.477. The molecule has 0 spiro atoms. The fraction of sp³-hybridized carbons (Fsp3) is 0.500. The second kappa shape index (κ2) is 7.79. The Labute approximate surface area is 130 Å². The van der Waals surface area contributed by atoms with Gasteiger partial charge in [-0.05, 0) is 19.1 Å². The normalized spacial score (nSPS) is 14.8. The molecule has 0 saturated carbocycles. The molecule has 1 saturated heterocycles. The van der Waals surface area contributed by atoms with Crippen LogP contribution < -0.4 is 10.5 Å². The average Bonchev–Trinajstić information content (AvgIpc) is 2.54. The summed E-state index contributed by atoms with van der Waals surface area (Å²) in [5, 5.41) is 0. The topological polar surface area (TPSA) is 77.5 Å². The molecule has 0 aliphatic carbocycles. The molecule has 1 aliphatic heterocycles. The Morgan fingerprint density at radius 3 is 2.14 bits per heavy atom. The molecule has 1 aromatic carbocycles. The molecule has 3 N–H and O–H groups in total. The van der Waals surface area contributed by atoms with Gasteiger partial charge in [-0.3, -0.25) is 9.59 Å². The van der Waals surface area contributed by atoms with E-state index in [1.807, 2.05) is 31.2 Å². The standard InChI is InChI=1S/C16H23N3O3/c1-13-2-4-14(5-3-13)22-12-16(21)19-10-8-18(9-11-19)15(20)6-7-17/h2-5H,6-12,17H2,1H3/p+1. The molecule has 1 aliphatic rings. The molecule has 2 amide bonds. The Morgan fingerprint density at radius 2 is 1.59 bits per heavy atom. The first-order valence-electron chi connectivity index (χ1n) is 7.64. The van der Waals surface area contributed by atoms with Crippen molar-refractivity contribution in [1.29, 1.82) is 0 Å². The van der Waals surface area contributed by atoms with Crippen molar-refractivity contribution in [2.24, 2.45) is 0 Å². The Bertz CT molecular complexity index is 508. The van der Waals surface area contributed by atoms with E-state index in [0.29, 0.717) is 44.9 Å². The zero-order valence-corrected chi connectivity index (χ0v) is 13.1.